The Balaban J connectivity index is 1.02. The van der Waals surface area contributed by atoms with E-state index in [-0.39, 0.29) is 29.8 Å². The third-order valence-electron chi connectivity index (χ3n) is 8.12. The van der Waals surface area contributed by atoms with Crippen LogP contribution in [0, 0.1) is 12.3 Å². The van der Waals surface area contributed by atoms with E-state index in [9.17, 15) is 22.8 Å². The van der Waals surface area contributed by atoms with E-state index in [2.05, 4.69) is 27.1 Å². The van der Waals surface area contributed by atoms with Gasteiger partial charge in [-0.05, 0) is 43.4 Å². The van der Waals surface area contributed by atoms with Gasteiger partial charge in [-0.15, -0.1) is 11.3 Å². The van der Waals surface area contributed by atoms with Crippen molar-refractivity contribution >= 4 is 28.3 Å². The molecule has 6 rings (SSSR count). The van der Waals surface area contributed by atoms with Gasteiger partial charge in [0.05, 0.1) is 6.04 Å². The Morgan fingerprint density at radius 1 is 1.18 bits per heavy atom. The van der Waals surface area contributed by atoms with Crippen molar-refractivity contribution in [2.45, 2.75) is 44.9 Å². The van der Waals surface area contributed by atoms with Crippen molar-refractivity contribution in [1.82, 2.24) is 24.6 Å². The second-order valence-corrected chi connectivity index (χ2v) is 11.8. The molecule has 12 heteroatoms. The van der Waals surface area contributed by atoms with E-state index in [1.165, 1.54) is 29.4 Å². The fourth-order valence-electron chi connectivity index (χ4n) is 6.04. The quantitative estimate of drug-likeness (QED) is 0.470. The number of anilines is 1. The highest BCUT2D eigenvalue weighted by Gasteiger charge is 2.54. The number of fused-ring (bicyclic) bond motifs is 1. The highest BCUT2D eigenvalue weighted by atomic mass is 32.1. The van der Waals surface area contributed by atoms with E-state index in [1.54, 1.807) is 4.90 Å². The van der Waals surface area contributed by atoms with Crippen LogP contribution in [0.4, 0.5) is 18.3 Å². The van der Waals surface area contributed by atoms with Gasteiger partial charge in [0.2, 0.25) is 5.91 Å². The summed E-state index contributed by atoms with van der Waals surface area (Å²) in [5.41, 5.74) is 2.24. The van der Waals surface area contributed by atoms with Gasteiger partial charge < -0.3 is 14.7 Å². The first-order valence-electron chi connectivity index (χ1n) is 13.0. The third-order valence-corrected chi connectivity index (χ3v) is 9.02. The number of carbonyl (C=O) groups excluding carboxylic acids is 2. The zero-order valence-corrected chi connectivity index (χ0v) is 22.6. The van der Waals surface area contributed by atoms with E-state index in [4.69, 9.17) is 0 Å². The summed E-state index contributed by atoms with van der Waals surface area (Å²) >= 11 is 1.44. The standard InChI is InChI=1S/C27H29F3N6O2S/c1-17-10-22(27(28,29)30)32-36(17)11-23(37)34-13-26(14-34)15-35(16-26)25-31-20(12-39-25)24(38)33(2)21-9-5-7-18-6-3-4-8-19(18)21/h3-4,6,8,10,12,21H,5,7,9,11,13-16H2,1-2H3. The molecule has 2 aromatic heterocycles. The number of benzene rings is 1. The molecule has 8 nitrogen and oxygen atoms in total. The lowest BCUT2D eigenvalue weighted by molar-refractivity contribution is -0.147. The van der Waals surface area contributed by atoms with Gasteiger partial charge in [-0.25, -0.2) is 4.98 Å². The number of rotatable bonds is 5. The minimum absolute atomic E-state index is 0.0373. The summed E-state index contributed by atoms with van der Waals surface area (Å²) in [4.78, 5) is 36.2. The van der Waals surface area contributed by atoms with Gasteiger partial charge in [0.1, 0.15) is 12.2 Å². The second-order valence-electron chi connectivity index (χ2n) is 11.0. The SMILES string of the molecule is Cc1cc(C(F)(F)F)nn1CC(=O)N1CC2(C1)CN(c1nc(C(=O)N(C)C3CCCc4ccccc43)cs1)C2. The number of hydrogen-bond acceptors (Lipinski definition) is 6. The van der Waals surface area contributed by atoms with Crippen LogP contribution in [0.1, 0.15) is 51.9 Å². The van der Waals surface area contributed by atoms with Gasteiger partial charge in [0.25, 0.3) is 5.91 Å². The molecule has 39 heavy (non-hydrogen) atoms. The minimum atomic E-state index is -4.54. The van der Waals surface area contributed by atoms with Crippen LogP contribution in [0.25, 0.3) is 0 Å². The average Bonchev–Trinajstić information content (AvgIpc) is 3.48. The van der Waals surface area contributed by atoms with E-state index in [1.807, 2.05) is 29.5 Å². The van der Waals surface area contributed by atoms with Gasteiger partial charge in [0.15, 0.2) is 10.8 Å². The van der Waals surface area contributed by atoms with Gasteiger partial charge >= 0.3 is 6.18 Å². The number of alkyl halides is 3. The zero-order valence-electron chi connectivity index (χ0n) is 21.7. The molecule has 3 aliphatic rings. The number of thiazole rings is 1. The molecule has 1 aromatic carbocycles. The smallest absolute Gasteiger partial charge is 0.347 e. The lowest BCUT2D eigenvalue weighted by atomic mass is 9.73. The molecule has 1 atom stereocenters. The summed E-state index contributed by atoms with van der Waals surface area (Å²) in [6, 6.07) is 9.31. The van der Waals surface area contributed by atoms with Crippen molar-refractivity contribution in [3.05, 3.63) is 63.9 Å². The summed E-state index contributed by atoms with van der Waals surface area (Å²) in [6.07, 6.45) is -1.51. The largest absolute Gasteiger partial charge is 0.435 e. The second kappa shape index (κ2) is 9.35. The first-order valence-corrected chi connectivity index (χ1v) is 13.9. The Labute approximate surface area is 228 Å². The number of halogens is 3. The number of aryl methyl sites for hydroxylation is 2. The van der Waals surface area contributed by atoms with Crippen LogP contribution < -0.4 is 4.90 Å². The molecule has 206 valence electrons. The number of amides is 2. The Morgan fingerprint density at radius 2 is 1.92 bits per heavy atom. The lowest BCUT2D eigenvalue weighted by Crippen LogP contribution is -2.73. The lowest BCUT2D eigenvalue weighted by Gasteiger charge is -2.60. The number of nitrogens with zero attached hydrogens (tertiary/aromatic N) is 6. The van der Waals surface area contributed by atoms with Gasteiger partial charge in [-0.1, -0.05) is 24.3 Å². The van der Waals surface area contributed by atoms with Crippen LogP contribution in [-0.4, -0.2) is 69.6 Å². The molecular weight excluding hydrogens is 529 g/mol. The first kappa shape index (κ1) is 25.8. The predicted octanol–water partition coefficient (Wildman–Crippen LogP) is 4.17. The van der Waals surface area contributed by atoms with Crippen molar-refractivity contribution in [1.29, 1.82) is 0 Å². The molecule has 4 heterocycles. The molecule has 0 radical (unpaired) electrons. The maximum atomic E-state index is 13.3. The monoisotopic (exact) mass is 558 g/mol. The fourth-order valence-corrected chi connectivity index (χ4v) is 6.84. The van der Waals surface area contributed by atoms with Gasteiger partial charge in [-0.3, -0.25) is 14.3 Å². The van der Waals surface area contributed by atoms with E-state index >= 15 is 0 Å². The molecule has 0 saturated carbocycles. The summed E-state index contributed by atoms with van der Waals surface area (Å²) < 4.78 is 39.8. The highest BCUT2D eigenvalue weighted by molar-refractivity contribution is 7.14. The van der Waals surface area contributed by atoms with Gasteiger partial charge in [-0.2, -0.15) is 18.3 Å². The topological polar surface area (TPSA) is 74.6 Å². The first-order chi connectivity index (χ1) is 18.5. The Morgan fingerprint density at radius 3 is 2.64 bits per heavy atom. The third kappa shape index (κ3) is 4.68. The Hall–Kier alpha value is -3.41. The van der Waals surface area contributed by atoms with Crippen LogP contribution >= 0.6 is 11.3 Å². The minimum Gasteiger partial charge on any atom is -0.347 e. The number of hydrogen-bond donors (Lipinski definition) is 0. The van der Waals surface area contributed by atoms with Crippen molar-refractivity contribution < 1.29 is 22.8 Å². The molecule has 1 spiro atoms. The van der Waals surface area contributed by atoms with Gasteiger partial charge in [0, 0.05) is 49.7 Å². The van der Waals surface area contributed by atoms with Crippen molar-refractivity contribution in [3.63, 3.8) is 0 Å². The van der Waals surface area contributed by atoms with Crippen LogP contribution in [0.5, 0.6) is 0 Å². The van der Waals surface area contributed by atoms with Crippen molar-refractivity contribution in [3.8, 4) is 0 Å². The number of carbonyl (C=O) groups is 2. The van der Waals surface area contributed by atoms with Crippen LogP contribution in [0.3, 0.4) is 0 Å². The maximum Gasteiger partial charge on any atom is 0.435 e. The number of likely N-dealkylation sites (tertiary alicyclic amines) is 1. The van der Waals surface area contributed by atoms with Crippen LogP contribution in [0.15, 0.2) is 35.7 Å². The Bertz CT molecular complexity index is 1420. The molecule has 0 N–H and O–H groups in total. The molecule has 2 amide bonds. The Kier molecular flexibility index (Phi) is 6.20. The van der Waals surface area contributed by atoms with Crippen LogP contribution in [0.2, 0.25) is 0 Å². The fraction of sp³-hybridized carbons (Fsp3) is 0.481. The maximum absolute atomic E-state index is 13.3. The van der Waals surface area contributed by atoms with E-state index in [0.717, 1.165) is 48.2 Å². The summed E-state index contributed by atoms with van der Waals surface area (Å²) in [5, 5.41) is 6.15. The molecule has 1 unspecified atom stereocenters. The molecular formula is C27H29F3N6O2S. The molecule has 0 bridgehead atoms. The molecule has 3 aromatic rings. The molecule has 2 saturated heterocycles. The van der Waals surface area contributed by atoms with E-state index < -0.39 is 11.9 Å². The summed E-state index contributed by atoms with van der Waals surface area (Å²) in [5.74, 6) is -0.328. The zero-order chi connectivity index (χ0) is 27.5. The van der Waals surface area contributed by atoms with Crippen molar-refractivity contribution in [2.75, 3.05) is 38.1 Å². The summed E-state index contributed by atoms with van der Waals surface area (Å²) in [7, 11) is 1.85. The van der Waals surface area contributed by atoms with E-state index in [0.29, 0.717) is 24.5 Å². The molecule has 2 fully saturated rings. The molecule has 1 aliphatic carbocycles. The highest BCUT2D eigenvalue weighted by Crippen LogP contribution is 2.43. The number of aromatic nitrogens is 3. The van der Waals surface area contributed by atoms with Crippen molar-refractivity contribution in [2.24, 2.45) is 5.41 Å². The average molecular weight is 559 g/mol. The summed E-state index contributed by atoms with van der Waals surface area (Å²) in [6.45, 7) is 3.85. The normalized spacial score (nSPS) is 19.9. The molecule has 2 aliphatic heterocycles. The van der Waals surface area contributed by atoms with Crippen LogP contribution in [-0.2, 0) is 23.9 Å². The predicted molar refractivity (Wildman–Crippen MR) is 140 cm³/mol.